The fourth-order valence-electron chi connectivity index (χ4n) is 4.59. The molecular weight excluding hydrogens is 437 g/mol. The average molecular weight is 470 g/mol. The fourth-order valence-corrected chi connectivity index (χ4v) is 4.59. The van der Waals surface area contributed by atoms with Gasteiger partial charge in [0.15, 0.2) is 0 Å². The molecule has 1 amide bonds. The van der Waals surface area contributed by atoms with Crippen LogP contribution in [0.5, 0.6) is 0 Å². The van der Waals surface area contributed by atoms with E-state index in [1.165, 1.54) is 4.57 Å². The van der Waals surface area contributed by atoms with E-state index in [9.17, 15) is 14.0 Å². The molecule has 182 valence electrons. The first-order valence-corrected chi connectivity index (χ1v) is 11.4. The summed E-state index contributed by atoms with van der Waals surface area (Å²) in [6.45, 7) is 15.2. The molecule has 3 aromatic rings. The molecular formula is C25H32FN5O3. The zero-order valence-corrected chi connectivity index (χ0v) is 21.0. The summed E-state index contributed by atoms with van der Waals surface area (Å²) in [5, 5.41) is 4.94. The third-order valence-corrected chi connectivity index (χ3v) is 6.16. The number of ether oxygens (including phenoxy) is 1. The summed E-state index contributed by atoms with van der Waals surface area (Å²) in [6.07, 6.45) is 2.76. The van der Waals surface area contributed by atoms with Gasteiger partial charge in [0.1, 0.15) is 17.2 Å². The van der Waals surface area contributed by atoms with E-state index in [0.717, 1.165) is 11.3 Å². The predicted octanol–water partition coefficient (Wildman–Crippen LogP) is 4.70. The molecule has 8 nitrogen and oxygen atoms in total. The number of imidazole rings is 1. The van der Waals surface area contributed by atoms with E-state index in [1.54, 1.807) is 48.0 Å². The molecule has 0 aliphatic carbocycles. The van der Waals surface area contributed by atoms with E-state index in [-0.39, 0.29) is 11.5 Å². The maximum atomic E-state index is 14.4. The number of hydrogen-bond acceptors (Lipinski definition) is 4. The third kappa shape index (κ3) is 3.93. The molecule has 0 saturated carbocycles. The van der Waals surface area contributed by atoms with Crippen molar-refractivity contribution in [1.82, 2.24) is 24.2 Å². The molecule has 1 aliphatic heterocycles. The number of rotatable bonds is 2. The Labute approximate surface area is 198 Å². The molecule has 9 heteroatoms. The number of halogens is 1. The van der Waals surface area contributed by atoms with Crippen LogP contribution in [-0.4, -0.2) is 42.5 Å². The zero-order chi connectivity index (χ0) is 25.2. The Bertz CT molecular complexity index is 1300. The van der Waals surface area contributed by atoms with Crippen molar-refractivity contribution in [3.8, 4) is 11.5 Å². The number of aryl methyl sites for hydroxylation is 2. The van der Waals surface area contributed by atoms with E-state index in [4.69, 9.17) is 9.84 Å². The van der Waals surface area contributed by atoms with Gasteiger partial charge in [-0.3, -0.25) is 4.57 Å². The molecule has 1 atom stereocenters. The molecule has 0 fully saturated rings. The highest BCUT2D eigenvalue weighted by molar-refractivity contribution is 5.70. The van der Waals surface area contributed by atoms with Crippen LogP contribution < -0.4 is 5.69 Å². The van der Waals surface area contributed by atoms with E-state index < -0.39 is 23.2 Å². The molecule has 0 radical (unpaired) electrons. The number of aromatic amines is 1. The molecule has 0 saturated heterocycles. The second-order valence-electron chi connectivity index (χ2n) is 10.7. The van der Waals surface area contributed by atoms with Gasteiger partial charge in [-0.2, -0.15) is 5.10 Å². The smallest absolute Gasteiger partial charge is 0.410 e. The van der Waals surface area contributed by atoms with E-state index in [0.29, 0.717) is 29.2 Å². The first-order chi connectivity index (χ1) is 15.7. The average Bonchev–Trinajstić information content (AvgIpc) is 3.31. The van der Waals surface area contributed by atoms with Gasteiger partial charge in [0.2, 0.25) is 0 Å². The quantitative estimate of drug-likeness (QED) is 0.590. The van der Waals surface area contributed by atoms with Gasteiger partial charge < -0.3 is 14.6 Å². The summed E-state index contributed by atoms with van der Waals surface area (Å²) >= 11 is 0. The Hall–Kier alpha value is -3.36. The lowest BCUT2D eigenvalue weighted by Gasteiger charge is -2.41. The van der Waals surface area contributed by atoms with Gasteiger partial charge in [-0.1, -0.05) is 13.8 Å². The number of carbonyl (C=O) groups excluding carboxylic acids is 1. The largest absolute Gasteiger partial charge is 0.444 e. The van der Waals surface area contributed by atoms with Crippen LogP contribution in [0, 0.1) is 19.7 Å². The van der Waals surface area contributed by atoms with Crippen LogP contribution in [0.1, 0.15) is 70.0 Å². The molecule has 1 aliphatic rings. The van der Waals surface area contributed by atoms with Crippen molar-refractivity contribution < 1.29 is 13.9 Å². The van der Waals surface area contributed by atoms with Crippen molar-refractivity contribution in [2.45, 2.75) is 72.4 Å². The zero-order valence-electron chi connectivity index (χ0n) is 21.0. The monoisotopic (exact) mass is 469 g/mol. The van der Waals surface area contributed by atoms with Crippen molar-refractivity contribution >= 4 is 6.09 Å². The first kappa shape index (κ1) is 23.8. The number of amides is 1. The van der Waals surface area contributed by atoms with Crippen LogP contribution in [0.2, 0.25) is 0 Å². The second-order valence-corrected chi connectivity index (χ2v) is 10.7. The second kappa shape index (κ2) is 7.85. The van der Waals surface area contributed by atoms with Crippen molar-refractivity contribution in [3.05, 3.63) is 63.2 Å². The van der Waals surface area contributed by atoms with Crippen LogP contribution in [0.4, 0.5) is 9.18 Å². The van der Waals surface area contributed by atoms with Crippen molar-refractivity contribution in [1.29, 1.82) is 0 Å². The summed E-state index contributed by atoms with van der Waals surface area (Å²) < 4.78 is 23.2. The molecule has 0 bridgehead atoms. The molecule has 0 spiro atoms. The molecule has 34 heavy (non-hydrogen) atoms. The molecule has 1 N–H and O–H groups in total. The van der Waals surface area contributed by atoms with Crippen LogP contribution in [-0.2, 0) is 10.2 Å². The molecule has 0 unspecified atom stereocenters. The van der Waals surface area contributed by atoms with Gasteiger partial charge in [-0.05, 0) is 64.8 Å². The predicted molar refractivity (Wildman–Crippen MR) is 127 cm³/mol. The number of aromatic nitrogens is 4. The Balaban J connectivity index is 1.99. The first-order valence-electron chi connectivity index (χ1n) is 11.4. The van der Waals surface area contributed by atoms with Crippen LogP contribution in [0.15, 0.2) is 29.3 Å². The van der Waals surface area contributed by atoms with Crippen LogP contribution in [0.25, 0.3) is 11.5 Å². The molecule has 1 aromatic carbocycles. The standard InChI is InChI=1S/C25H32FN5O3/c1-14-11-17(12-15(2)19(14)26)31-21(29-10-9-27-22(29)32)18-16(3)30(23(33)34-24(4,5)6)13-25(7,8)20(18)28-31/h9-12,16H,13H2,1-8H3,(H,27,32)/t16-/m0/s1. The normalized spacial score (nSPS) is 17.6. The number of benzene rings is 1. The highest BCUT2D eigenvalue weighted by atomic mass is 19.1. The molecule has 3 heterocycles. The summed E-state index contributed by atoms with van der Waals surface area (Å²) in [7, 11) is 0. The van der Waals surface area contributed by atoms with Crippen LogP contribution >= 0.6 is 0 Å². The van der Waals surface area contributed by atoms with Crippen molar-refractivity contribution in [2.75, 3.05) is 6.54 Å². The molecule has 4 rings (SSSR count). The molecule has 2 aromatic heterocycles. The minimum atomic E-state index is -0.644. The van der Waals surface area contributed by atoms with Gasteiger partial charge in [0.05, 0.1) is 17.4 Å². The lowest BCUT2D eigenvalue weighted by molar-refractivity contribution is 0.00979. The number of H-pyrrole nitrogens is 1. The Morgan fingerprint density at radius 1 is 1.24 bits per heavy atom. The number of nitrogens with one attached hydrogen (secondary N) is 1. The van der Waals surface area contributed by atoms with Gasteiger partial charge in [-0.15, -0.1) is 0 Å². The lowest BCUT2D eigenvalue weighted by atomic mass is 9.80. The van der Waals surface area contributed by atoms with E-state index in [2.05, 4.69) is 4.98 Å². The summed E-state index contributed by atoms with van der Waals surface area (Å²) in [5.74, 6) is 0.242. The Morgan fingerprint density at radius 3 is 2.38 bits per heavy atom. The summed E-state index contributed by atoms with van der Waals surface area (Å²) in [6, 6.07) is 3.02. The SMILES string of the molecule is Cc1cc(-n2nc3c(c2-n2cc[nH]c2=O)[C@H](C)N(C(=O)OC(C)(C)C)CC3(C)C)cc(C)c1F. The van der Waals surface area contributed by atoms with Crippen molar-refractivity contribution in [3.63, 3.8) is 0 Å². The lowest BCUT2D eigenvalue weighted by Crippen LogP contribution is -2.48. The minimum absolute atomic E-state index is 0.272. The number of fused-ring (bicyclic) bond motifs is 1. The van der Waals surface area contributed by atoms with Gasteiger partial charge >= 0.3 is 11.8 Å². The Morgan fingerprint density at radius 2 is 1.85 bits per heavy atom. The summed E-state index contributed by atoms with van der Waals surface area (Å²) in [5.41, 5.74) is 1.64. The van der Waals surface area contributed by atoms with E-state index >= 15 is 0 Å². The summed E-state index contributed by atoms with van der Waals surface area (Å²) in [4.78, 5) is 30.3. The van der Waals surface area contributed by atoms with Gasteiger partial charge in [0, 0.05) is 29.9 Å². The van der Waals surface area contributed by atoms with E-state index in [1.807, 2.05) is 41.5 Å². The highest BCUT2D eigenvalue weighted by Crippen LogP contribution is 2.43. The highest BCUT2D eigenvalue weighted by Gasteiger charge is 2.45. The number of nitrogens with zero attached hydrogens (tertiary/aromatic N) is 4. The van der Waals surface area contributed by atoms with Gasteiger partial charge in [0.25, 0.3) is 0 Å². The Kier molecular flexibility index (Phi) is 5.49. The van der Waals surface area contributed by atoms with Crippen LogP contribution in [0.3, 0.4) is 0 Å². The maximum Gasteiger partial charge on any atom is 0.410 e. The third-order valence-electron chi connectivity index (χ3n) is 6.16. The topological polar surface area (TPSA) is 85.2 Å². The fraction of sp³-hybridized carbons (Fsp3) is 0.480. The maximum absolute atomic E-state index is 14.4. The van der Waals surface area contributed by atoms with Crippen molar-refractivity contribution in [2.24, 2.45) is 0 Å². The van der Waals surface area contributed by atoms with Gasteiger partial charge in [-0.25, -0.2) is 18.7 Å². The minimum Gasteiger partial charge on any atom is -0.444 e. The number of carbonyl (C=O) groups is 1. The number of hydrogen-bond donors (Lipinski definition) is 1.